The average Bonchev–Trinajstić information content (AvgIpc) is 2.99. The second kappa shape index (κ2) is 4.84. The van der Waals surface area contributed by atoms with Crippen LogP contribution in [0.3, 0.4) is 0 Å². The molecule has 2 bridgehead atoms. The highest BCUT2D eigenvalue weighted by molar-refractivity contribution is 9.11. The molecule has 1 amide bonds. The van der Waals surface area contributed by atoms with Gasteiger partial charge in [0.2, 0.25) is 5.13 Å². The summed E-state index contributed by atoms with van der Waals surface area (Å²) in [5.41, 5.74) is -0.442. The first-order valence-electron chi connectivity index (χ1n) is 6.59. The van der Waals surface area contributed by atoms with Crippen LogP contribution in [0.2, 0.25) is 0 Å². The topological polar surface area (TPSA) is 58.6 Å². The molecule has 3 rings (SSSR count). The van der Waals surface area contributed by atoms with Crippen LogP contribution in [0.1, 0.15) is 27.2 Å². The SMILES string of the molecule is CC(C)(C)OC(=O)N1C[C@@H]2C[C@H]1CN2c1nnc(Br)s1. The number of carbonyl (C=O) groups excluding carboxylic acids is 1. The number of amides is 1. The van der Waals surface area contributed by atoms with Gasteiger partial charge in [0.15, 0.2) is 3.92 Å². The lowest BCUT2D eigenvalue weighted by atomic mass is 10.2. The number of nitrogens with zero attached hydrogens (tertiary/aromatic N) is 4. The molecule has 0 aromatic carbocycles. The predicted octanol–water partition coefficient (Wildman–Crippen LogP) is 2.50. The summed E-state index contributed by atoms with van der Waals surface area (Å²) >= 11 is 4.86. The predicted molar refractivity (Wildman–Crippen MR) is 80.1 cm³/mol. The van der Waals surface area contributed by atoms with Crippen LogP contribution < -0.4 is 4.90 Å². The summed E-state index contributed by atoms with van der Waals surface area (Å²) in [6.07, 6.45) is 0.777. The maximum atomic E-state index is 12.2. The van der Waals surface area contributed by atoms with Crippen molar-refractivity contribution in [3.8, 4) is 0 Å². The molecule has 3 heterocycles. The summed E-state index contributed by atoms with van der Waals surface area (Å²) in [6.45, 7) is 7.20. The smallest absolute Gasteiger partial charge is 0.410 e. The molecular formula is C12H17BrN4O2S. The van der Waals surface area contributed by atoms with Crippen molar-refractivity contribution in [1.82, 2.24) is 15.1 Å². The van der Waals surface area contributed by atoms with Crippen LogP contribution in [0.15, 0.2) is 3.92 Å². The molecule has 0 saturated carbocycles. The van der Waals surface area contributed by atoms with E-state index in [-0.39, 0.29) is 12.1 Å². The summed E-state index contributed by atoms with van der Waals surface area (Å²) in [5, 5.41) is 9.07. The Bertz CT molecular complexity index is 530. The molecule has 1 aromatic rings. The van der Waals surface area contributed by atoms with Crippen LogP contribution in [0.5, 0.6) is 0 Å². The zero-order chi connectivity index (χ0) is 14.5. The quantitative estimate of drug-likeness (QED) is 0.769. The lowest BCUT2D eigenvalue weighted by Crippen LogP contribution is -2.50. The van der Waals surface area contributed by atoms with E-state index in [1.807, 2.05) is 25.7 Å². The molecule has 0 spiro atoms. The van der Waals surface area contributed by atoms with Gasteiger partial charge in [-0.3, -0.25) is 0 Å². The van der Waals surface area contributed by atoms with Gasteiger partial charge in [-0.25, -0.2) is 4.79 Å². The second-order valence-corrected chi connectivity index (χ2v) is 8.40. The number of aromatic nitrogens is 2. The zero-order valence-corrected chi connectivity index (χ0v) is 14.1. The number of ether oxygens (including phenoxy) is 1. The Kier molecular flexibility index (Phi) is 3.40. The van der Waals surface area contributed by atoms with Gasteiger partial charge in [0, 0.05) is 13.1 Å². The van der Waals surface area contributed by atoms with Crippen molar-refractivity contribution in [2.24, 2.45) is 0 Å². The molecular weight excluding hydrogens is 344 g/mol. The fraction of sp³-hybridized carbons (Fsp3) is 0.750. The van der Waals surface area contributed by atoms with Crippen molar-refractivity contribution in [3.63, 3.8) is 0 Å². The molecule has 2 fully saturated rings. The van der Waals surface area contributed by atoms with E-state index in [4.69, 9.17) is 4.74 Å². The van der Waals surface area contributed by atoms with E-state index in [0.29, 0.717) is 12.6 Å². The summed E-state index contributed by atoms with van der Waals surface area (Å²) in [5.74, 6) is 0. The van der Waals surface area contributed by atoms with Crippen LogP contribution in [-0.4, -0.2) is 52.0 Å². The lowest BCUT2D eigenvalue weighted by molar-refractivity contribution is 0.0214. The minimum atomic E-state index is -0.442. The van der Waals surface area contributed by atoms with Crippen molar-refractivity contribution < 1.29 is 9.53 Å². The lowest BCUT2D eigenvalue weighted by Gasteiger charge is -2.34. The van der Waals surface area contributed by atoms with Gasteiger partial charge in [-0.05, 0) is 43.1 Å². The number of hydrogen-bond donors (Lipinski definition) is 0. The first-order valence-corrected chi connectivity index (χ1v) is 8.20. The molecule has 0 aliphatic carbocycles. The van der Waals surface area contributed by atoms with Crippen LogP contribution in [-0.2, 0) is 4.74 Å². The molecule has 6 nitrogen and oxygen atoms in total. The molecule has 0 N–H and O–H groups in total. The molecule has 1 aromatic heterocycles. The largest absolute Gasteiger partial charge is 0.444 e. The van der Waals surface area contributed by atoms with Gasteiger partial charge < -0.3 is 14.5 Å². The van der Waals surface area contributed by atoms with Crippen LogP contribution in [0.25, 0.3) is 0 Å². The Morgan fingerprint density at radius 1 is 1.35 bits per heavy atom. The maximum Gasteiger partial charge on any atom is 0.410 e. The maximum absolute atomic E-state index is 12.2. The molecule has 2 atom stereocenters. The monoisotopic (exact) mass is 360 g/mol. The standard InChI is InChI=1S/C12H17BrN4O2S/c1-12(2,3)19-11(18)17-6-7-4-8(17)5-16(7)10-15-14-9(13)20-10/h7-8H,4-6H2,1-3H3/t7-,8-/m0/s1. The molecule has 2 aliphatic heterocycles. The van der Waals surface area contributed by atoms with Gasteiger partial charge in [-0.2, -0.15) is 0 Å². The Morgan fingerprint density at radius 2 is 2.10 bits per heavy atom. The van der Waals surface area contributed by atoms with Crippen molar-refractivity contribution >= 4 is 38.5 Å². The number of piperazine rings is 1. The van der Waals surface area contributed by atoms with Crippen molar-refractivity contribution in [2.45, 2.75) is 44.9 Å². The second-order valence-electron chi connectivity index (χ2n) is 6.17. The number of halogens is 1. The average molecular weight is 361 g/mol. The number of rotatable bonds is 1. The Morgan fingerprint density at radius 3 is 2.60 bits per heavy atom. The van der Waals surface area contributed by atoms with E-state index < -0.39 is 5.60 Å². The number of carbonyl (C=O) groups is 1. The van der Waals surface area contributed by atoms with Crippen molar-refractivity contribution in [1.29, 1.82) is 0 Å². The van der Waals surface area contributed by atoms with Gasteiger partial charge in [-0.1, -0.05) is 11.3 Å². The van der Waals surface area contributed by atoms with E-state index >= 15 is 0 Å². The van der Waals surface area contributed by atoms with Gasteiger partial charge in [0.25, 0.3) is 0 Å². The molecule has 2 saturated heterocycles. The molecule has 8 heteroatoms. The van der Waals surface area contributed by atoms with Crippen molar-refractivity contribution in [3.05, 3.63) is 3.92 Å². The number of likely N-dealkylation sites (tertiary alicyclic amines) is 1. The Labute approximate surface area is 130 Å². The normalized spacial score (nSPS) is 25.4. The summed E-state index contributed by atoms with van der Waals surface area (Å²) in [7, 11) is 0. The Hall–Kier alpha value is -0.890. The molecule has 20 heavy (non-hydrogen) atoms. The Balaban J connectivity index is 1.66. The van der Waals surface area contributed by atoms with E-state index in [1.165, 1.54) is 11.3 Å². The highest BCUT2D eigenvalue weighted by Gasteiger charge is 2.47. The highest BCUT2D eigenvalue weighted by atomic mass is 79.9. The molecule has 2 aliphatic rings. The van der Waals surface area contributed by atoms with Gasteiger partial charge in [-0.15, -0.1) is 10.2 Å². The molecule has 110 valence electrons. The van der Waals surface area contributed by atoms with Gasteiger partial charge >= 0.3 is 6.09 Å². The van der Waals surface area contributed by atoms with Crippen LogP contribution in [0.4, 0.5) is 9.93 Å². The minimum absolute atomic E-state index is 0.205. The summed E-state index contributed by atoms with van der Waals surface area (Å²) < 4.78 is 6.25. The molecule has 0 unspecified atom stereocenters. The molecule has 0 radical (unpaired) electrons. The summed E-state index contributed by atoms with van der Waals surface area (Å²) in [4.78, 5) is 16.2. The fourth-order valence-electron chi connectivity index (χ4n) is 2.76. The van der Waals surface area contributed by atoms with Crippen LogP contribution in [0, 0.1) is 0 Å². The third kappa shape index (κ3) is 2.63. The minimum Gasteiger partial charge on any atom is -0.444 e. The first kappa shape index (κ1) is 14.1. The highest BCUT2D eigenvalue weighted by Crippen LogP contribution is 2.37. The van der Waals surface area contributed by atoms with E-state index in [2.05, 4.69) is 31.0 Å². The number of anilines is 1. The zero-order valence-electron chi connectivity index (χ0n) is 11.7. The number of fused-ring (bicyclic) bond motifs is 2. The number of hydrogen-bond acceptors (Lipinski definition) is 6. The van der Waals surface area contributed by atoms with Crippen molar-refractivity contribution in [2.75, 3.05) is 18.0 Å². The summed E-state index contributed by atoms with van der Waals surface area (Å²) in [6, 6.07) is 0.546. The van der Waals surface area contributed by atoms with E-state index in [0.717, 1.165) is 22.0 Å². The fourth-order valence-corrected chi connectivity index (χ4v) is 3.93. The van der Waals surface area contributed by atoms with E-state index in [9.17, 15) is 4.79 Å². The van der Waals surface area contributed by atoms with E-state index in [1.54, 1.807) is 0 Å². The third-order valence-corrected chi connectivity index (χ3v) is 4.90. The third-order valence-electron chi connectivity index (χ3n) is 3.50. The van der Waals surface area contributed by atoms with Crippen LogP contribution >= 0.6 is 27.3 Å². The first-order chi connectivity index (χ1) is 9.33. The van der Waals surface area contributed by atoms with Gasteiger partial charge in [0.1, 0.15) is 5.60 Å². The van der Waals surface area contributed by atoms with Gasteiger partial charge in [0.05, 0.1) is 12.1 Å².